The monoisotopic (exact) mass is 296 g/mol. The van der Waals surface area contributed by atoms with Gasteiger partial charge in [-0.05, 0) is 54.9 Å². The summed E-state index contributed by atoms with van der Waals surface area (Å²) in [7, 11) is 2.15. The smallest absolute Gasteiger partial charge is 0.201 e. The molecule has 0 bridgehead atoms. The van der Waals surface area contributed by atoms with Gasteiger partial charge >= 0.3 is 0 Å². The van der Waals surface area contributed by atoms with Crippen molar-refractivity contribution in [3.63, 3.8) is 0 Å². The number of aryl methyl sites for hydroxylation is 3. The Labute approximate surface area is 136 Å². The standard InChI is InChI=1S/C21H30N/c1-14(2)10-18-8-9-19(16(5)11-18)21-12-20(15(3)4)17(6)13-22(21)7/h8-9,11-15H,10H2,1-7H3/q+1. The molecule has 0 aliphatic carbocycles. The van der Waals surface area contributed by atoms with E-state index in [0.29, 0.717) is 11.8 Å². The van der Waals surface area contributed by atoms with Crippen LogP contribution < -0.4 is 4.57 Å². The summed E-state index contributed by atoms with van der Waals surface area (Å²) < 4.78 is 2.26. The average Bonchev–Trinajstić information content (AvgIpc) is 2.39. The molecule has 118 valence electrons. The fourth-order valence-corrected chi connectivity index (χ4v) is 3.30. The third kappa shape index (κ3) is 3.58. The Morgan fingerprint density at radius 3 is 2.18 bits per heavy atom. The van der Waals surface area contributed by atoms with Crippen LogP contribution >= 0.6 is 0 Å². The molecule has 1 nitrogen and oxygen atoms in total. The molecule has 0 fully saturated rings. The van der Waals surface area contributed by atoms with Crippen LogP contribution in [0.2, 0.25) is 0 Å². The highest BCUT2D eigenvalue weighted by Gasteiger charge is 2.17. The molecule has 0 unspecified atom stereocenters. The van der Waals surface area contributed by atoms with Crippen molar-refractivity contribution in [3.05, 3.63) is 52.7 Å². The van der Waals surface area contributed by atoms with E-state index in [1.807, 2.05) is 0 Å². The Morgan fingerprint density at radius 2 is 1.64 bits per heavy atom. The predicted molar refractivity (Wildman–Crippen MR) is 95.2 cm³/mol. The zero-order valence-electron chi connectivity index (χ0n) is 15.2. The molecular weight excluding hydrogens is 266 g/mol. The lowest BCUT2D eigenvalue weighted by Crippen LogP contribution is -2.32. The summed E-state index contributed by atoms with van der Waals surface area (Å²) in [5, 5.41) is 0. The molecular formula is C21H30N+. The third-order valence-electron chi connectivity index (χ3n) is 4.35. The van der Waals surface area contributed by atoms with Gasteiger partial charge in [0.1, 0.15) is 7.05 Å². The molecule has 0 saturated carbocycles. The lowest BCUT2D eigenvalue weighted by Gasteiger charge is -2.13. The van der Waals surface area contributed by atoms with Gasteiger partial charge in [-0.25, -0.2) is 4.57 Å². The summed E-state index contributed by atoms with van der Waals surface area (Å²) in [6.45, 7) is 13.5. The van der Waals surface area contributed by atoms with Gasteiger partial charge in [-0.15, -0.1) is 0 Å². The van der Waals surface area contributed by atoms with Crippen LogP contribution in [-0.4, -0.2) is 0 Å². The molecule has 0 aliphatic rings. The van der Waals surface area contributed by atoms with Crippen LogP contribution in [0.15, 0.2) is 30.5 Å². The second kappa shape index (κ2) is 6.64. The van der Waals surface area contributed by atoms with Gasteiger partial charge in [0.15, 0.2) is 6.20 Å². The Bertz CT molecular complexity index is 666. The molecule has 0 aliphatic heterocycles. The highest BCUT2D eigenvalue weighted by molar-refractivity contribution is 5.62. The topological polar surface area (TPSA) is 3.88 Å². The summed E-state index contributed by atoms with van der Waals surface area (Å²) in [5.41, 5.74) is 8.27. The molecule has 0 amide bonds. The van der Waals surface area contributed by atoms with Crippen LogP contribution in [-0.2, 0) is 13.5 Å². The van der Waals surface area contributed by atoms with E-state index in [9.17, 15) is 0 Å². The molecule has 2 rings (SSSR count). The maximum Gasteiger partial charge on any atom is 0.212 e. The zero-order valence-corrected chi connectivity index (χ0v) is 15.2. The van der Waals surface area contributed by atoms with E-state index in [1.54, 1.807) is 0 Å². The summed E-state index contributed by atoms with van der Waals surface area (Å²) >= 11 is 0. The predicted octanol–water partition coefficient (Wildman–Crippen LogP) is 5.12. The van der Waals surface area contributed by atoms with E-state index < -0.39 is 0 Å². The minimum absolute atomic E-state index is 0.556. The molecule has 0 spiro atoms. The normalized spacial score (nSPS) is 11.5. The average molecular weight is 296 g/mol. The van der Waals surface area contributed by atoms with Gasteiger partial charge in [0.25, 0.3) is 0 Å². The van der Waals surface area contributed by atoms with E-state index in [0.717, 1.165) is 6.42 Å². The van der Waals surface area contributed by atoms with Gasteiger partial charge < -0.3 is 0 Å². The number of hydrogen-bond donors (Lipinski definition) is 0. The van der Waals surface area contributed by atoms with Crippen LogP contribution in [0.4, 0.5) is 0 Å². The van der Waals surface area contributed by atoms with Crippen molar-refractivity contribution in [1.29, 1.82) is 0 Å². The summed E-state index contributed by atoms with van der Waals surface area (Å²) in [5.74, 6) is 1.26. The van der Waals surface area contributed by atoms with E-state index in [-0.39, 0.29) is 0 Å². The minimum Gasteiger partial charge on any atom is -0.201 e. The third-order valence-corrected chi connectivity index (χ3v) is 4.35. The first-order valence-corrected chi connectivity index (χ1v) is 8.39. The van der Waals surface area contributed by atoms with Gasteiger partial charge in [0.05, 0.1) is 0 Å². The fraction of sp³-hybridized carbons (Fsp3) is 0.476. The number of hydrogen-bond acceptors (Lipinski definition) is 0. The summed E-state index contributed by atoms with van der Waals surface area (Å²) in [6, 6.07) is 9.30. The molecule has 0 radical (unpaired) electrons. The van der Waals surface area contributed by atoms with E-state index >= 15 is 0 Å². The van der Waals surface area contributed by atoms with E-state index in [1.165, 1.54) is 33.5 Å². The number of rotatable bonds is 4. The molecule has 22 heavy (non-hydrogen) atoms. The van der Waals surface area contributed by atoms with Crippen molar-refractivity contribution >= 4 is 0 Å². The van der Waals surface area contributed by atoms with Gasteiger partial charge in [-0.2, -0.15) is 0 Å². The van der Waals surface area contributed by atoms with Gasteiger partial charge in [0, 0.05) is 17.2 Å². The minimum atomic E-state index is 0.556. The van der Waals surface area contributed by atoms with Crippen LogP contribution in [0.5, 0.6) is 0 Å². The van der Waals surface area contributed by atoms with Gasteiger partial charge in [-0.1, -0.05) is 39.8 Å². The molecule has 1 heterocycles. The van der Waals surface area contributed by atoms with Crippen LogP contribution in [0.1, 0.15) is 55.9 Å². The summed E-state index contributed by atoms with van der Waals surface area (Å²) in [4.78, 5) is 0. The first-order valence-electron chi connectivity index (χ1n) is 8.39. The highest BCUT2D eigenvalue weighted by atomic mass is 14.9. The van der Waals surface area contributed by atoms with Crippen LogP contribution in [0.3, 0.4) is 0 Å². The number of benzene rings is 1. The number of aromatic nitrogens is 1. The Morgan fingerprint density at radius 1 is 0.955 bits per heavy atom. The van der Waals surface area contributed by atoms with Crippen molar-refractivity contribution in [1.82, 2.24) is 0 Å². The highest BCUT2D eigenvalue weighted by Crippen LogP contribution is 2.26. The second-order valence-corrected chi connectivity index (χ2v) is 7.31. The second-order valence-electron chi connectivity index (χ2n) is 7.31. The molecule has 2 aromatic rings. The van der Waals surface area contributed by atoms with Crippen LogP contribution in [0, 0.1) is 19.8 Å². The lowest BCUT2D eigenvalue weighted by atomic mass is 9.93. The van der Waals surface area contributed by atoms with Gasteiger partial charge in [0.2, 0.25) is 5.69 Å². The maximum absolute atomic E-state index is 2.37. The molecule has 0 N–H and O–H groups in total. The summed E-state index contributed by atoms with van der Waals surface area (Å²) in [6.07, 6.45) is 3.41. The van der Waals surface area contributed by atoms with Gasteiger partial charge in [-0.3, -0.25) is 0 Å². The zero-order chi connectivity index (χ0) is 16.4. The quantitative estimate of drug-likeness (QED) is 0.690. The van der Waals surface area contributed by atoms with Crippen molar-refractivity contribution in [2.45, 2.75) is 53.9 Å². The largest absolute Gasteiger partial charge is 0.212 e. The Hall–Kier alpha value is -1.63. The van der Waals surface area contributed by atoms with Crippen molar-refractivity contribution in [2.24, 2.45) is 13.0 Å². The molecule has 0 atom stereocenters. The first kappa shape index (κ1) is 16.7. The lowest BCUT2D eigenvalue weighted by molar-refractivity contribution is -0.660. The first-order chi connectivity index (χ1) is 10.3. The molecule has 1 aromatic carbocycles. The number of nitrogens with zero attached hydrogens (tertiary/aromatic N) is 1. The van der Waals surface area contributed by atoms with E-state index in [2.05, 4.69) is 83.6 Å². The molecule has 1 aromatic heterocycles. The molecule has 0 saturated heterocycles. The maximum atomic E-state index is 2.37. The van der Waals surface area contributed by atoms with Crippen LogP contribution in [0.25, 0.3) is 11.3 Å². The van der Waals surface area contributed by atoms with E-state index in [4.69, 9.17) is 0 Å². The SMILES string of the molecule is Cc1cc(CC(C)C)ccc1-c1cc(C(C)C)c(C)c[n+]1C. The Balaban J connectivity index is 2.50. The number of pyridine rings is 1. The van der Waals surface area contributed by atoms with Crippen molar-refractivity contribution < 1.29 is 4.57 Å². The molecule has 1 heteroatoms. The van der Waals surface area contributed by atoms with Crippen molar-refractivity contribution in [3.8, 4) is 11.3 Å². The Kier molecular flexibility index (Phi) is 5.05. The van der Waals surface area contributed by atoms with Crippen molar-refractivity contribution in [2.75, 3.05) is 0 Å². The fourth-order valence-electron chi connectivity index (χ4n) is 3.30.